The first-order valence-electron chi connectivity index (χ1n) is 9.21. The van der Waals surface area contributed by atoms with Crippen LogP contribution < -0.4 is 0 Å². The van der Waals surface area contributed by atoms with E-state index in [1.54, 1.807) is 6.20 Å². The Morgan fingerprint density at radius 1 is 1.20 bits per heavy atom. The lowest BCUT2D eigenvalue weighted by Gasteiger charge is -2.40. The van der Waals surface area contributed by atoms with Crippen LogP contribution in [0.1, 0.15) is 31.2 Å². The summed E-state index contributed by atoms with van der Waals surface area (Å²) in [5.74, 6) is 0.275. The molecular weight excluding hydrogens is 314 g/mol. The van der Waals surface area contributed by atoms with Gasteiger partial charge in [-0.3, -0.25) is 9.48 Å². The summed E-state index contributed by atoms with van der Waals surface area (Å²) in [7, 11) is 0. The van der Waals surface area contributed by atoms with Gasteiger partial charge in [0.05, 0.1) is 18.0 Å². The normalized spacial score (nSPS) is 22.9. The Balaban J connectivity index is 1.61. The molecule has 0 N–H and O–H groups in total. The number of ether oxygens (including phenoxy) is 1. The molecule has 5 heteroatoms. The van der Waals surface area contributed by atoms with Gasteiger partial charge < -0.3 is 9.64 Å². The lowest BCUT2D eigenvalue weighted by molar-refractivity contribution is -0.142. The molecule has 25 heavy (non-hydrogen) atoms. The van der Waals surface area contributed by atoms with E-state index in [1.165, 1.54) is 0 Å². The van der Waals surface area contributed by atoms with Crippen molar-refractivity contribution in [1.82, 2.24) is 14.7 Å². The van der Waals surface area contributed by atoms with Crippen molar-refractivity contribution in [3.05, 3.63) is 54.4 Å². The number of carbonyl (C=O) groups excluding carboxylic acids is 1. The standard InChI is InChI=1S/C20H25N3O2/c24-19(23-13-4-8-18(23)16-22-12-5-11-21-22)20(9-14-25-15-10-20)17-6-2-1-3-7-17/h1-3,5-7,11-12,18H,4,8-10,13-16H2/t18-/m1/s1. The summed E-state index contributed by atoms with van der Waals surface area (Å²) in [5.41, 5.74) is 0.694. The number of carbonyl (C=O) groups is 1. The molecule has 4 rings (SSSR count). The highest BCUT2D eigenvalue weighted by molar-refractivity contribution is 5.89. The monoisotopic (exact) mass is 339 g/mol. The Morgan fingerprint density at radius 3 is 2.72 bits per heavy atom. The molecule has 1 atom stereocenters. The topological polar surface area (TPSA) is 47.4 Å². The summed E-state index contributed by atoms with van der Waals surface area (Å²) < 4.78 is 7.53. The van der Waals surface area contributed by atoms with Gasteiger partial charge in [0.2, 0.25) is 5.91 Å². The van der Waals surface area contributed by atoms with Crippen molar-refractivity contribution in [1.29, 1.82) is 0 Å². The maximum Gasteiger partial charge on any atom is 0.233 e. The smallest absolute Gasteiger partial charge is 0.233 e. The maximum absolute atomic E-state index is 13.7. The van der Waals surface area contributed by atoms with Gasteiger partial charge in [-0.05, 0) is 37.3 Å². The summed E-state index contributed by atoms with van der Waals surface area (Å²) in [6, 6.07) is 12.4. The summed E-state index contributed by atoms with van der Waals surface area (Å²) in [6.07, 6.45) is 7.42. The van der Waals surface area contributed by atoms with Crippen LogP contribution in [-0.2, 0) is 21.5 Å². The largest absolute Gasteiger partial charge is 0.381 e. The lowest BCUT2D eigenvalue weighted by Crippen LogP contribution is -2.52. The van der Waals surface area contributed by atoms with E-state index >= 15 is 0 Å². The number of nitrogens with zero attached hydrogens (tertiary/aromatic N) is 3. The minimum Gasteiger partial charge on any atom is -0.381 e. The number of rotatable bonds is 4. The second-order valence-corrected chi connectivity index (χ2v) is 7.08. The first kappa shape index (κ1) is 16.3. The molecule has 1 amide bonds. The predicted molar refractivity (Wildman–Crippen MR) is 95.1 cm³/mol. The van der Waals surface area contributed by atoms with Gasteiger partial charge in [-0.1, -0.05) is 30.3 Å². The molecule has 2 aliphatic heterocycles. The van der Waals surface area contributed by atoms with Crippen LogP contribution in [0.25, 0.3) is 0 Å². The number of aromatic nitrogens is 2. The van der Waals surface area contributed by atoms with Crippen molar-refractivity contribution in [2.75, 3.05) is 19.8 Å². The minimum atomic E-state index is -0.438. The average Bonchev–Trinajstić information content (AvgIpc) is 3.35. The van der Waals surface area contributed by atoms with Crippen LogP contribution in [0, 0.1) is 0 Å². The molecule has 2 aromatic rings. The third-order valence-corrected chi connectivity index (χ3v) is 5.68. The second kappa shape index (κ2) is 7.00. The van der Waals surface area contributed by atoms with Crippen LogP contribution >= 0.6 is 0 Å². The van der Waals surface area contributed by atoms with E-state index < -0.39 is 5.41 Å². The number of hydrogen-bond acceptors (Lipinski definition) is 3. The molecule has 0 bridgehead atoms. The van der Waals surface area contributed by atoms with Crippen LogP contribution in [0.2, 0.25) is 0 Å². The Bertz CT molecular complexity index is 693. The van der Waals surface area contributed by atoms with E-state index in [2.05, 4.69) is 22.1 Å². The van der Waals surface area contributed by atoms with Crippen LogP contribution in [0.3, 0.4) is 0 Å². The van der Waals surface area contributed by atoms with Gasteiger partial charge in [-0.2, -0.15) is 5.10 Å². The van der Waals surface area contributed by atoms with Gasteiger partial charge in [0.1, 0.15) is 0 Å². The third-order valence-electron chi connectivity index (χ3n) is 5.68. The summed E-state index contributed by atoms with van der Waals surface area (Å²) in [6.45, 7) is 2.93. The SMILES string of the molecule is O=C(N1CCC[C@@H]1Cn1cccn1)C1(c2ccccc2)CCOCC1. The first-order chi connectivity index (χ1) is 12.3. The zero-order chi connectivity index (χ0) is 17.1. The summed E-state index contributed by atoms with van der Waals surface area (Å²) >= 11 is 0. The van der Waals surface area contributed by atoms with Gasteiger partial charge in [0.25, 0.3) is 0 Å². The molecule has 0 aliphatic carbocycles. The van der Waals surface area contributed by atoms with Gasteiger partial charge in [0.15, 0.2) is 0 Å². The summed E-state index contributed by atoms with van der Waals surface area (Å²) in [4.78, 5) is 15.8. The molecular formula is C20H25N3O2. The van der Waals surface area contributed by atoms with Crippen molar-refractivity contribution in [2.24, 2.45) is 0 Å². The van der Waals surface area contributed by atoms with Crippen molar-refractivity contribution >= 4 is 5.91 Å². The van der Waals surface area contributed by atoms with Gasteiger partial charge in [-0.15, -0.1) is 0 Å². The van der Waals surface area contributed by atoms with E-state index in [0.29, 0.717) is 13.2 Å². The molecule has 0 radical (unpaired) electrons. The van der Waals surface area contributed by atoms with Crippen LogP contribution in [0.15, 0.2) is 48.8 Å². The Labute approximate surface area is 148 Å². The van der Waals surface area contributed by atoms with Crippen molar-refractivity contribution in [3.63, 3.8) is 0 Å². The maximum atomic E-state index is 13.7. The fraction of sp³-hybridized carbons (Fsp3) is 0.500. The van der Waals surface area contributed by atoms with Crippen molar-refractivity contribution < 1.29 is 9.53 Å². The highest BCUT2D eigenvalue weighted by atomic mass is 16.5. The van der Waals surface area contributed by atoms with E-state index in [9.17, 15) is 4.79 Å². The highest BCUT2D eigenvalue weighted by Gasteiger charge is 2.46. The highest BCUT2D eigenvalue weighted by Crippen LogP contribution is 2.38. The quantitative estimate of drug-likeness (QED) is 0.860. The van der Waals surface area contributed by atoms with Crippen molar-refractivity contribution in [2.45, 2.75) is 43.7 Å². The first-order valence-corrected chi connectivity index (χ1v) is 9.21. The second-order valence-electron chi connectivity index (χ2n) is 7.08. The number of amides is 1. The molecule has 132 valence electrons. The van der Waals surface area contributed by atoms with Gasteiger partial charge >= 0.3 is 0 Å². The molecule has 5 nitrogen and oxygen atoms in total. The zero-order valence-corrected chi connectivity index (χ0v) is 14.5. The number of benzene rings is 1. The van der Waals surface area contributed by atoms with Crippen LogP contribution in [0.4, 0.5) is 0 Å². The van der Waals surface area contributed by atoms with Gasteiger partial charge in [0, 0.05) is 32.2 Å². The minimum absolute atomic E-state index is 0.232. The van der Waals surface area contributed by atoms with E-state index in [0.717, 1.165) is 44.3 Å². The average molecular weight is 339 g/mol. The molecule has 0 saturated carbocycles. The molecule has 0 unspecified atom stereocenters. The number of hydrogen-bond donors (Lipinski definition) is 0. The van der Waals surface area contributed by atoms with E-state index in [4.69, 9.17) is 4.74 Å². The third kappa shape index (κ3) is 3.09. The molecule has 2 aliphatic rings. The van der Waals surface area contributed by atoms with E-state index in [1.807, 2.05) is 35.1 Å². The fourth-order valence-electron chi connectivity index (χ4n) is 4.30. The molecule has 1 aromatic carbocycles. The van der Waals surface area contributed by atoms with Crippen LogP contribution in [-0.4, -0.2) is 46.4 Å². The van der Waals surface area contributed by atoms with Gasteiger partial charge in [-0.25, -0.2) is 0 Å². The summed E-state index contributed by atoms with van der Waals surface area (Å²) in [5, 5.41) is 4.32. The van der Waals surface area contributed by atoms with Crippen molar-refractivity contribution in [3.8, 4) is 0 Å². The Hall–Kier alpha value is -2.14. The van der Waals surface area contributed by atoms with Crippen LogP contribution in [0.5, 0.6) is 0 Å². The fourth-order valence-corrected chi connectivity index (χ4v) is 4.30. The molecule has 0 spiro atoms. The lowest BCUT2D eigenvalue weighted by atomic mass is 9.73. The Kier molecular flexibility index (Phi) is 4.57. The molecule has 2 fully saturated rings. The Morgan fingerprint density at radius 2 is 2.00 bits per heavy atom. The van der Waals surface area contributed by atoms with E-state index in [-0.39, 0.29) is 11.9 Å². The molecule has 3 heterocycles. The zero-order valence-electron chi connectivity index (χ0n) is 14.5. The molecule has 1 aromatic heterocycles. The predicted octanol–water partition coefficient (Wildman–Crippen LogP) is 2.62. The number of likely N-dealkylation sites (tertiary alicyclic amines) is 1. The molecule has 2 saturated heterocycles.